The molecule has 1 aromatic heterocycles. The molecule has 0 saturated heterocycles. The molecule has 1 aromatic carbocycles. The Kier molecular flexibility index (Phi) is 5.45. The van der Waals surface area contributed by atoms with Crippen molar-refractivity contribution in [3.05, 3.63) is 40.4 Å². The fraction of sp³-hybridized carbons (Fsp3) is 0.278. The van der Waals surface area contributed by atoms with Gasteiger partial charge in [-0.3, -0.25) is 10.1 Å². The molecule has 6 nitrogen and oxygen atoms in total. The van der Waals surface area contributed by atoms with E-state index in [2.05, 4.69) is 10.3 Å². The van der Waals surface area contributed by atoms with Crippen molar-refractivity contribution in [2.45, 2.75) is 26.2 Å². The van der Waals surface area contributed by atoms with Crippen LogP contribution in [0.25, 0.3) is 6.08 Å². The van der Waals surface area contributed by atoms with Gasteiger partial charge in [-0.25, -0.2) is 4.98 Å². The van der Waals surface area contributed by atoms with E-state index in [1.54, 1.807) is 12.1 Å². The number of carbonyl (C=O) groups excluding carboxylic acids is 1. The highest BCUT2D eigenvalue weighted by Gasteiger charge is 2.19. The minimum Gasteiger partial charge on any atom is -0.504 e. The van der Waals surface area contributed by atoms with E-state index >= 15 is 0 Å². The minimum absolute atomic E-state index is 0.0660. The molecule has 0 atom stereocenters. The molecule has 0 unspecified atom stereocenters. The molecular weight excluding hydrogens is 338 g/mol. The van der Waals surface area contributed by atoms with Crippen molar-refractivity contribution < 1.29 is 14.6 Å². The molecule has 0 bridgehead atoms. The molecule has 0 aliphatic rings. The van der Waals surface area contributed by atoms with Crippen LogP contribution in [0.15, 0.2) is 29.2 Å². The first-order valence-electron chi connectivity index (χ1n) is 7.51. The average molecular weight is 357 g/mol. The van der Waals surface area contributed by atoms with Crippen molar-refractivity contribution in [2.75, 3.05) is 12.4 Å². The van der Waals surface area contributed by atoms with Gasteiger partial charge in [-0.05, 0) is 12.1 Å². The summed E-state index contributed by atoms with van der Waals surface area (Å²) in [6, 6.07) is 6.58. The standard InChI is InChI=1S/C18H19N3O3S/c1-18(2,3)14-10-25-17(20-14)21-16(23)12(9-19)8-11-6-5-7-13(22)15(11)24-4/h5-8,10,22H,1-4H3,(H,20,21,23)/b12-8+. The van der Waals surface area contributed by atoms with Gasteiger partial charge in [0.05, 0.1) is 12.8 Å². The summed E-state index contributed by atoms with van der Waals surface area (Å²) in [5, 5.41) is 24.0. The summed E-state index contributed by atoms with van der Waals surface area (Å²) in [5.74, 6) is -0.432. The van der Waals surface area contributed by atoms with Crippen molar-refractivity contribution in [1.29, 1.82) is 5.26 Å². The highest BCUT2D eigenvalue weighted by atomic mass is 32.1. The summed E-state index contributed by atoms with van der Waals surface area (Å²) in [4.78, 5) is 16.7. The molecule has 25 heavy (non-hydrogen) atoms. The molecule has 2 aromatic rings. The Morgan fingerprint density at radius 3 is 2.72 bits per heavy atom. The van der Waals surface area contributed by atoms with Crippen LogP contribution in [0.2, 0.25) is 0 Å². The van der Waals surface area contributed by atoms with Gasteiger partial charge < -0.3 is 9.84 Å². The van der Waals surface area contributed by atoms with Gasteiger partial charge in [-0.2, -0.15) is 5.26 Å². The number of hydrogen-bond donors (Lipinski definition) is 2. The Morgan fingerprint density at radius 2 is 2.16 bits per heavy atom. The molecule has 1 heterocycles. The zero-order valence-electron chi connectivity index (χ0n) is 14.5. The number of benzene rings is 1. The maximum Gasteiger partial charge on any atom is 0.268 e. The first-order chi connectivity index (χ1) is 11.8. The largest absolute Gasteiger partial charge is 0.504 e. The SMILES string of the molecule is COc1c(O)cccc1/C=C(\C#N)C(=O)Nc1nc(C(C)(C)C)cs1. The summed E-state index contributed by atoms with van der Waals surface area (Å²) in [6.45, 7) is 6.09. The molecule has 2 rings (SSSR count). The lowest BCUT2D eigenvalue weighted by Gasteiger charge is -2.14. The molecule has 0 saturated carbocycles. The molecular formula is C18H19N3O3S. The number of nitrogens with zero attached hydrogens (tertiary/aromatic N) is 2. The third-order valence-electron chi connectivity index (χ3n) is 3.39. The number of para-hydroxylation sites is 1. The Labute approximate surface area is 150 Å². The number of nitrogens with one attached hydrogen (secondary N) is 1. The van der Waals surface area contributed by atoms with Crippen LogP contribution >= 0.6 is 11.3 Å². The van der Waals surface area contributed by atoms with E-state index in [4.69, 9.17) is 4.74 Å². The normalized spacial score (nSPS) is 11.7. The summed E-state index contributed by atoms with van der Waals surface area (Å²) < 4.78 is 5.11. The lowest BCUT2D eigenvalue weighted by molar-refractivity contribution is -0.112. The van der Waals surface area contributed by atoms with Crippen molar-refractivity contribution in [1.82, 2.24) is 4.98 Å². The number of nitriles is 1. The van der Waals surface area contributed by atoms with Gasteiger partial charge in [0.1, 0.15) is 11.6 Å². The third-order valence-corrected chi connectivity index (χ3v) is 4.14. The van der Waals surface area contributed by atoms with Crippen LogP contribution in [0.5, 0.6) is 11.5 Å². The monoisotopic (exact) mass is 357 g/mol. The van der Waals surface area contributed by atoms with E-state index in [1.165, 1.54) is 30.6 Å². The van der Waals surface area contributed by atoms with E-state index in [-0.39, 0.29) is 22.5 Å². The lowest BCUT2D eigenvalue weighted by atomic mass is 9.93. The van der Waals surface area contributed by atoms with E-state index < -0.39 is 5.91 Å². The summed E-state index contributed by atoms with van der Waals surface area (Å²) in [5.41, 5.74) is 1.06. The first-order valence-corrected chi connectivity index (χ1v) is 8.39. The number of amides is 1. The van der Waals surface area contributed by atoms with Crippen LogP contribution < -0.4 is 10.1 Å². The number of phenolic OH excluding ortho intramolecular Hbond substituents is 1. The topological polar surface area (TPSA) is 95.2 Å². The second-order valence-electron chi connectivity index (χ2n) is 6.31. The zero-order chi connectivity index (χ0) is 18.6. The van der Waals surface area contributed by atoms with Gasteiger partial charge in [0.15, 0.2) is 16.6 Å². The van der Waals surface area contributed by atoms with E-state index in [9.17, 15) is 15.2 Å². The summed E-state index contributed by atoms with van der Waals surface area (Å²) in [6.07, 6.45) is 1.37. The Balaban J connectivity index is 2.26. The number of carbonyl (C=O) groups is 1. The fourth-order valence-corrected chi connectivity index (χ4v) is 2.95. The zero-order valence-corrected chi connectivity index (χ0v) is 15.3. The number of hydrogen-bond acceptors (Lipinski definition) is 6. The van der Waals surface area contributed by atoms with Gasteiger partial charge in [0.2, 0.25) is 0 Å². The van der Waals surface area contributed by atoms with Gasteiger partial charge >= 0.3 is 0 Å². The maximum atomic E-state index is 12.4. The molecule has 1 amide bonds. The Bertz CT molecular complexity index is 857. The quantitative estimate of drug-likeness (QED) is 0.642. The number of thiazole rings is 1. The van der Waals surface area contributed by atoms with Crippen LogP contribution in [0.1, 0.15) is 32.0 Å². The number of ether oxygens (including phenoxy) is 1. The average Bonchev–Trinajstić information content (AvgIpc) is 3.01. The number of phenols is 1. The maximum absolute atomic E-state index is 12.4. The van der Waals surface area contributed by atoms with Gasteiger partial charge in [-0.15, -0.1) is 11.3 Å². The molecule has 0 fully saturated rings. The van der Waals surface area contributed by atoms with Crippen LogP contribution in [0, 0.1) is 11.3 Å². The smallest absolute Gasteiger partial charge is 0.268 e. The van der Waals surface area contributed by atoms with Crippen molar-refractivity contribution >= 4 is 28.5 Å². The number of methoxy groups -OCH3 is 1. The van der Waals surface area contributed by atoms with E-state index in [0.717, 1.165) is 5.69 Å². The number of rotatable bonds is 4. The second kappa shape index (κ2) is 7.36. The van der Waals surface area contributed by atoms with Crippen LogP contribution in [0.4, 0.5) is 5.13 Å². The van der Waals surface area contributed by atoms with Gasteiger partial charge in [0.25, 0.3) is 5.91 Å². The molecule has 0 aliphatic carbocycles. The lowest BCUT2D eigenvalue weighted by Crippen LogP contribution is -2.15. The Hall–Kier alpha value is -2.85. The van der Waals surface area contributed by atoms with Gasteiger partial charge in [0, 0.05) is 16.4 Å². The number of aromatic hydroxyl groups is 1. The van der Waals surface area contributed by atoms with Crippen LogP contribution in [-0.2, 0) is 10.2 Å². The second-order valence-corrected chi connectivity index (χ2v) is 7.17. The van der Waals surface area contributed by atoms with Gasteiger partial charge in [-0.1, -0.05) is 32.9 Å². The molecule has 0 radical (unpaired) electrons. The predicted octanol–water partition coefficient (Wildman–Crippen LogP) is 3.70. The van der Waals surface area contributed by atoms with Crippen molar-refractivity contribution in [3.8, 4) is 17.6 Å². The fourth-order valence-electron chi connectivity index (χ4n) is 2.02. The van der Waals surface area contributed by atoms with E-state index in [0.29, 0.717) is 10.7 Å². The van der Waals surface area contributed by atoms with Crippen molar-refractivity contribution in [3.63, 3.8) is 0 Å². The van der Waals surface area contributed by atoms with E-state index in [1.807, 2.05) is 32.2 Å². The molecule has 130 valence electrons. The number of anilines is 1. The highest BCUT2D eigenvalue weighted by Crippen LogP contribution is 2.31. The molecule has 2 N–H and O–H groups in total. The van der Waals surface area contributed by atoms with Crippen LogP contribution in [-0.4, -0.2) is 23.1 Å². The number of aromatic nitrogens is 1. The van der Waals surface area contributed by atoms with Crippen LogP contribution in [0.3, 0.4) is 0 Å². The molecule has 7 heteroatoms. The van der Waals surface area contributed by atoms with Crippen molar-refractivity contribution in [2.24, 2.45) is 0 Å². The Morgan fingerprint density at radius 1 is 1.44 bits per heavy atom. The summed E-state index contributed by atoms with van der Waals surface area (Å²) in [7, 11) is 1.40. The summed E-state index contributed by atoms with van der Waals surface area (Å²) >= 11 is 1.30. The predicted molar refractivity (Wildman–Crippen MR) is 97.7 cm³/mol. The molecule has 0 aliphatic heterocycles. The molecule has 0 spiro atoms. The highest BCUT2D eigenvalue weighted by molar-refractivity contribution is 7.14. The first kappa shape index (κ1) is 18.5. The third kappa shape index (κ3) is 4.37. The minimum atomic E-state index is -0.567.